The quantitative estimate of drug-likeness (QED) is 0.642. The van der Waals surface area contributed by atoms with Gasteiger partial charge < -0.3 is 10.1 Å². The molecular weight excluding hydrogens is 313 g/mol. The minimum absolute atomic E-state index is 0.0583. The number of hydrogen-bond acceptors (Lipinski definition) is 3. The van der Waals surface area contributed by atoms with Crippen molar-refractivity contribution in [1.29, 1.82) is 0 Å². The van der Waals surface area contributed by atoms with Gasteiger partial charge in [-0.25, -0.2) is 4.79 Å². The van der Waals surface area contributed by atoms with E-state index in [0.717, 1.165) is 6.42 Å². The van der Waals surface area contributed by atoms with Crippen molar-refractivity contribution in [1.82, 2.24) is 5.32 Å². The Balaban J connectivity index is 2.44. The number of rotatable bonds is 6. The van der Waals surface area contributed by atoms with Crippen molar-refractivity contribution < 1.29 is 14.3 Å². The molecule has 0 radical (unpaired) electrons. The third-order valence-corrected chi connectivity index (χ3v) is 3.46. The molecule has 0 spiro atoms. The zero-order chi connectivity index (χ0) is 15.8. The molecule has 0 saturated carbocycles. The van der Waals surface area contributed by atoms with Crippen LogP contribution in [0.2, 0.25) is 10.0 Å². The molecule has 0 saturated heterocycles. The Bertz CT molecular complexity index is 544. The van der Waals surface area contributed by atoms with Crippen molar-refractivity contribution in [3.63, 3.8) is 0 Å². The number of nitrogens with one attached hydrogen (secondary N) is 1. The number of carbonyl (C=O) groups excluding carboxylic acids is 2. The first-order valence-corrected chi connectivity index (χ1v) is 7.27. The largest absolute Gasteiger partial charge is 0.452 e. The molecule has 21 heavy (non-hydrogen) atoms. The Morgan fingerprint density at radius 3 is 2.67 bits per heavy atom. The number of carbonyl (C=O) groups is 2. The SMILES string of the molecule is CC[C@H](C)NC(=O)COC(=O)/C=C/c1ccc(Cl)c(Cl)c1. The molecule has 4 nitrogen and oxygen atoms in total. The second-order valence-corrected chi connectivity index (χ2v) is 5.31. The van der Waals surface area contributed by atoms with Gasteiger partial charge in [0.1, 0.15) is 0 Å². The van der Waals surface area contributed by atoms with Crippen molar-refractivity contribution in [3.8, 4) is 0 Å². The molecule has 0 heterocycles. The topological polar surface area (TPSA) is 55.4 Å². The van der Waals surface area contributed by atoms with E-state index in [1.807, 2.05) is 13.8 Å². The Morgan fingerprint density at radius 1 is 1.33 bits per heavy atom. The van der Waals surface area contributed by atoms with Gasteiger partial charge in [-0.05, 0) is 37.1 Å². The maximum Gasteiger partial charge on any atom is 0.331 e. The van der Waals surface area contributed by atoms with Crippen LogP contribution >= 0.6 is 23.2 Å². The number of amides is 1. The number of benzene rings is 1. The van der Waals surface area contributed by atoms with Gasteiger partial charge in [0.15, 0.2) is 6.61 Å². The number of halogens is 2. The van der Waals surface area contributed by atoms with E-state index < -0.39 is 5.97 Å². The Kier molecular flexibility index (Phi) is 7.26. The van der Waals surface area contributed by atoms with Crippen molar-refractivity contribution in [3.05, 3.63) is 39.9 Å². The molecule has 6 heteroatoms. The van der Waals surface area contributed by atoms with Gasteiger partial charge in [-0.15, -0.1) is 0 Å². The molecule has 0 aliphatic rings. The summed E-state index contributed by atoms with van der Waals surface area (Å²) < 4.78 is 4.83. The van der Waals surface area contributed by atoms with Gasteiger partial charge in [-0.2, -0.15) is 0 Å². The fourth-order valence-corrected chi connectivity index (χ4v) is 1.69. The van der Waals surface area contributed by atoms with Gasteiger partial charge in [-0.1, -0.05) is 36.2 Å². The van der Waals surface area contributed by atoms with Crippen LogP contribution in [0.3, 0.4) is 0 Å². The van der Waals surface area contributed by atoms with E-state index in [1.165, 1.54) is 12.2 Å². The molecule has 114 valence electrons. The highest BCUT2D eigenvalue weighted by atomic mass is 35.5. The van der Waals surface area contributed by atoms with Crippen LogP contribution in [-0.4, -0.2) is 24.5 Å². The van der Waals surface area contributed by atoms with Gasteiger partial charge in [0, 0.05) is 12.1 Å². The molecule has 1 rings (SSSR count). The second-order valence-electron chi connectivity index (χ2n) is 4.49. The number of hydrogen-bond donors (Lipinski definition) is 1. The molecule has 1 aromatic carbocycles. The first kappa shape index (κ1) is 17.5. The van der Waals surface area contributed by atoms with Gasteiger partial charge >= 0.3 is 5.97 Å². The number of esters is 1. The normalized spacial score (nSPS) is 12.2. The average molecular weight is 330 g/mol. The highest BCUT2D eigenvalue weighted by Gasteiger charge is 2.07. The molecule has 0 fully saturated rings. The molecule has 0 aliphatic carbocycles. The van der Waals surface area contributed by atoms with Crippen LogP contribution in [0.5, 0.6) is 0 Å². The minimum atomic E-state index is -0.597. The number of ether oxygens (including phenoxy) is 1. The monoisotopic (exact) mass is 329 g/mol. The summed E-state index contributed by atoms with van der Waals surface area (Å²) in [5, 5.41) is 3.55. The minimum Gasteiger partial charge on any atom is -0.452 e. The maximum absolute atomic E-state index is 11.5. The third-order valence-electron chi connectivity index (χ3n) is 2.72. The highest BCUT2D eigenvalue weighted by Crippen LogP contribution is 2.23. The lowest BCUT2D eigenvalue weighted by atomic mass is 10.2. The summed E-state index contributed by atoms with van der Waals surface area (Å²) in [6, 6.07) is 5.04. The van der Waals surface area contributed by atoms with E-state index in [2.05, 4.69) is 5.32 Å². The van der Waals surface area contributed by atoms with Gasteiger partial charge in [0.2, 0.25) is 0 Å². The standard InChI is InChI=1S/C15H17Cl2NO3/c1-3-10(2)18-14(19)9-21-15(20)7-5-11-4-6-12(16)13(17)8-11/h4-8,10H,3,9H2,1-2H3,(H,18,19)/b7-5+/t10-/m0/s1. The lowest BCUT2D eigenvalue weighted by Crippen LogP contribution is -2.35. The van der Waals surface area contributed by atoms with Crippen LogP contribution in [-0.2, 0) is 14.3 Å². The van der Waals surface area contributed by atoms with Gasteiger partial charge in [-0.3, -0.25) is 4.79 Å². The van der Waals surface area contributed by atoms with Crippen LogP contribution < -0.4 is 5.32 Å². The summed E-state index contributed by atoms with van der Waals surface area (Å²) in [4.78, 5) is 22.9. The lowest BCUT2D eigenvalue weighted by molar-refractivity contribution is -0.144. The van der Waals surface area contributed by atoms with Crippen LogP contribution in [0.1, 0.15) is 25.8 Å². The zero-order valence-corrected chi connectivity index (χ0v) is 13.4. The summed E-state index contributed by atoms with van der Waals surface area (Å²) in [7, 11) is 0. The van der Waals surface area contributed by atoms with Crippen molar-refractivity contribution in [2.45, 2.75) is 26.3 Å². The zero-order valence-electron chi connectivity index (χ0n) is 11.9. The van der Waals surface area contributed by atoms with Gasteiger partial charge in [0.05, 0.1) is 10.0 Å². The summed E-state index contributed by atoms with van der Waals surface area (Å²) >= 11 is 11.6. The van der Waals surface area contributed by atoms with E-state index in [4.69, 9.17) is 27.9 Å². The van der Waals surface area contributed by atoms with Gasteiger partial charge in [0.25, 0.3) is 5.91 Å². The molecule has 1 N–H and O–H groups in total. The summed E-state index contributed by atoms with van der Waals surface area (Å²) in [6.45, 7) is 3.54. The molecule has 1 amide bonds. The fraction of sp³-hybridized carbons (Fsp3) is 0.333. The van der Waals surface area contributed by atoms with E-state index in [0.29, 0.717) is 15.6 Å². The lowest BCUT2D eigenvalue weighted by Gasteiger charge is -2.10. The molecule has 1 aromatic rings. The van der Waals surface area contributed by atoms with E-state index in [9.17, 15) is 9.59 Å². The van der Waals surface area contributed by atoms with Crippen LogP contribution in [0.15, 0.2) is 24.3 Å². The van der Waals surface area contributed by atoms with Crippen molar-refractivity contribution in [2.24, 2.45) is 0 Å². The first-order chi connectivity index (χ1) is 9.92. The average Bonchev–Trinajstić information content (AvgIpc) is 2.46. The molecule has 1 atom stereocenters. The van der Waals surface area contributed by atoms with Crippen molar-refractivity contribution in [2.75, 3.05) is 6.61 Å². The van der Waals surface area contributed by atoms with Crippen LogP contribution in [0, 0.1) is 0 Å². The van der Waals surface area contributed by atoms with Crippen LogP contribution in [0.25, 0.3) is 6.08 Å². The second kappa shape index (κ2) is 8.70. The molecule has 0 aromatic heterocycles. The van der Waals surface area contributed by atoms with E-state index in [1.54, 1.807) is 18.2 Å². The summed E-state index contributed by atoms with van der Waals surface area (Å²) in [5.74, 6) is -0.916. The Hall–Kier alpha value is -1.52. The first-order valence-electron chi connectivity index (χ1n) is 6.51. The predicted molar refractivity (Wildman–Crippen MR) is 84.4 cm³/mol. The molecule has 0 unspecified atom stereocenters. The third kappa shape index (κ3) is 6.65. The molecular formula is C15H17Cl2NO3. The fourth-order valence-electron chi connectivity index (χ4n) is 1.38. The Labute approximate surface area is 134 Å². The molecule has 0 bridgehead atoms. The maximum atomic E-state index is 11.5. The molecule has 0 aliphatic heterocycles. The Morgan fingerprint density at radius 2 is 2.05 bits per heavy atom. The van der Waals surface area contributed by atoms with Crippen molar-refractivity contribution >= 4 is 41.2 Å². The van der Waals surface area contributed by atoms with Crippen LogP contribution in [0.4, 0.5) is 0 Å². The summed E-state index contributed by atoms with van der Waals surface area (Å²) in [5.41, 5.74) is 0.713. The summed E-state index contributed by atoms with van der Waals surface area (Å²) in [6.07, 6.45) is 3.59. The van der Waals surface area contributed by atoms with E-state index in [-0.39, 0.29) is 18.6 Å². The van der Waals surface area contributed by atoms with E-state index >= 15 is 0 Å². The predicted octanol–water partition coefficient (Wildman–Crippen LogP) is 3.46. The highest BCUT2D eigenvalue weighted by molar-refractivity contribution is 6.42. The smallest absolute Gasteiger partial charge is 0.331 e.